The summed E-state index contributed by atoms with van der Waals surface area (Å²) in [5.74, 6) is -1.11. The van der Waals surface area contributed by atoms with E-state index in [9.17, 15) is 9.90 Å². The third kappa shape index (κ3) is 18.3. The van der Waals surface area contributed by atoms with Crippen molar-refractivity contribution in [2.45, 2.75) is 89.4 Å². The van der Waals surface area contributed by atoms with Gasteiger partial charge in [0, 0.05) is 5.97 Å². The average molecular weight is 375 g/mol. The van der Waals surface area contributed by atoms with Crippen LogP contribution in [0.3, 0.4) is 0 Å². The van der Waals surface area contributed by atoms with E-state index in [2.05, 4.69) is 13.8 Å². The number of carboxylic acids is 1. The molecule has 0 aliphatic rings. The molecule has 1 atom stereocenters. The fourth-order valence-corrected chi connectivity index (χ4v) is 2.56. The fraction of sp³-hybridized carbons (Fsp3) is 0.938. The summed E-state index contributed by atoms with van der Waals surface area (Å²) in [4.78, 5) is 10.3. The Morgan fingerprint density at radius 3 is 1.89 bits per heavy atom. The summed E-state index contributed by atoms with van der Waals surface area (Å²) in [5, 5.41) is 10.3. The zero-order valence-corrected chi connectivity index (χ0v) is 16.0. The Kier molecular flexibility index (Phi) is 20.7. The molecule has 0 aliphatic heterocycles. The molecular formula is C16H32O2Sn. The van der Waals surface area contributed by atoms with Gasteiger partial charge in [-0.05, 0) is 18.8 Å². The fourth-order valence-electron chi connectivity index (χ4n) is 1.84. The molecule has 0 saturated heterocycles. The van der Waals surface area contributed by atoms with E-state index in [0.29, 0.717) is 6.42 Å². The first-order valence-electron chi connectivity index (χ1n) is 7.99. The summed E-state index contributed by atoms with van der Waals surface area (Å²) in [6.45, 7) is 6.21. The van der Waals surface area contributed by atoms with Crippen LogP contribution in [-0.2, 0) is 4.79 Å². The van der Waals surface area contributed by atoms with Gasteiger partial charge in [-0.1, -0.05) is 26.7 Å². The van der Waals surface area contributed by atoms with Crippen LogP contribution >= 0.6 is 0 Å². The zero-order valence-electron chi connectivity index (χ0n) is 13.2. The van der Waals surface area contributed by atoms with Crippen LogP contribution in [0.5, 0.6) is 0 Å². The molecule has 112 valence electrons. The minimum atomic E-state index is -0.893. The van der Waals surface area contributed by atoms with Crippen LogP contribution < -0.4 is 5.11 Å². The van der Waals surface area contributed by atoms with Crippen molar-refractivity contribution in [1.29, 1.82) is 0 Å². The second kappa shape index (κ2) is 18.3. The first kappa shape index (κ1) is 21.6. The predicted octanol–water partition coefficient (Wildman–Crippen LogP) is 3.89. The zero-order chi connectivity index (χ0) is 14.9. The van der Waals surface area contributed by atoms with Crippen LogP contribution in [0.25, 0.3) is 0 Å². The van der Waals surface area contributed by atoms with E-state index in [-0.39, 0.29) is 5.92 Å². The van der Waals surface area contributed by atoms with Crippen molar-refractivity contribution >= 4 is 28.5 Å². The van der Waals surface area contributed by atoms with E-state index in [0.717, 1.165) is 19.3 Å². The number of carboxylic acid groups (broad SMARTS) is 1. The molecule has 0 aromatic rings. The maximum absolute atomic E-state index is 10.3. The Morgan fingerprint density at radius 1 is 0.947 bits per heavy atom. The van der Waals surface area contributed by atoms with Gasteiger partial charge in [-0.3, -0.25) is 0 Å². The standard InChI is InChI=1S/C8H16O2.C8H17.Sn/c1-3-5-6-7(4-2)8(9)10;1-3-5-7-8-6-4-2;/h7H,3-6H2,1-2H3,(H,9,10);1,3-8H2,2H3;/q;;+1/p-1. The normalized spacial score (nSPS) is 11.5. The SMILES string of the molecule is CCCCC(CC)C(=O)[O-].CCCCCCC[CH2][Sn+]. The van der Waals surface area contributed by atoms with Gasteiger partial charge < -0.3 is 9.90 Å². The van der Waals surface area contributed by atoms with Crippen molar-refractivity contribution in [1.82, 2.24) is 0 Å². The molecule has 0 N–H and O–H groups in total. The Morgan fingerprint density at radius 2 is 1.47 bits per heavy atom. The van der Waals surface area contributed by atoms with Gasteiger partial charge in [0.1, 0.15) is 0 Å². The summed E-state index contributed by atoms with van der Waals surface area (Å²) < 4.78 is 1.46. The summed E-state index contributed by atoms with van der Waals surface area (Å²) >= 11 is 1.71. The van der Waals surface area contributed by atoms with Gasteiger partial charge in [0.25, 0.3) is 0 Å². The number of aliphatic carboxylic acids is 1. The minimum absolute atomic E-state index is 0.222. The third-order valence-electron chi connectivity index (χ3n) is 3.26. The van der Waals surface area contributed by atoms with Gasteiger partial charge in [0.2, 0.25) is 0 Å². The van der Waals surface area contributed by atoms with E-state index in [1.165, 1.54) is 43.0 Å². The Bertz CT molecular complexity index is 178. The third-order valence-corrected chi connectivity index (χ3v) is 4.27. The molecule has 0 spiro atoms. The van der Waals surface area contributed by atoms with E-state index >= 15 is 0 Å². The number of rotatable bonds is 11. The molecule has 0 rings (SSSR count). The average Bonchev–Trinajstić information content (AvgIpc) is 2.40. The van der Waals surface area contributed by atoms with Gasteiger partial charge in [0.15, 0.2) is 0 Å². The Labute approximate surface area is 133 Å². The molecule has 19 heavy (non-hydrogen) atoms. The maximum atomic E-state index is 10.3. The van der Waals surface area contributed by atoms with E-state index in [4.69, 9.17) is 0 Å². The van der Waals surface area contributed by atoms with Gasteiger partial charge in [-0.25, -0.2) is 0 Å². The molecule has 2 radical (unpaired) electrons. The van der Waals surface area contributed by atoms with Gasteiger partial charge in [-0.2, -0.15) is 0 Å². The van der Waals surface area contributed by atoms with Crippen molar-refractivity contribution in [3.8, 4) is 0 Å². The quantitative estimate of drug-likeness (QED) is 0.406. The number of carbonyl (C=O) groups is 1. The second-order valence-corrected chi connectivity index (χ2v) is 6.51. The molecule has 3 heteroatoms. The number of hydrogen-bond acceptors (Lipinski definition) is 2. The molecular weight excluding hydrogens is 343 g/mol. The Hall–Kier alpha value is 0.269. The Balaban J connectivity index is 0. The summed E-state index contributed by atoms with van der Waals surface area (Å²) in [7, 11) is 0. The van der Waals surface area contributed by atoms with E-state index in [1.807, 2.05) is 6.92 Å². The second-order valence-electron chi connectivity index (χ2n) is 5.08. The van der Waals surface area contributed by atoms with Gasteiger partial charge >= 0.3 is 72.4 Å². The van der Waals surface area contributed by atoms with Crippen molar-refractivity contribution in [3.63, 3.8) is 0 Å². The van der Waals surface area contributed by atoms with Crippen molar-refractivity contribution in [2.75, 3.05) is 0 Å². The van der Waals surface area contributed by atoms with Crippen LogP contribution in [0.4, 0.5) is 0 Å². The molecule has 0 aromatic heterocycles. The van der Waals surface area contributed by atoms with Crippen LogP contribution in [0.1, 0.15) is 85.0 Å². The number of hydrogen-bond donors (Lipinski definition) is 0. The molecule has 0 aromatic carbocycles. The van der Waals surface area contributed by atoms with Gasteiger partial charge in [0.05, 0.1) is 0 Å². The van der Waals surface area contributed by atoms with Crippen molar-refractivity contribution in [2.24, 2.45) is 5.92 Å². The molecule has 2 nitrogen and oxygen atoms in total. The topological polar surface area (TPSA) is 40.1 Å². The van der Waals surface area contributed by atoms with Crippen LogP contribution in [0, 0.1) is 5.92 Å². The molecule has 0 fully saturated rings. The van der Waals surface area contributed by atoms with Crippen LogP contribution in [-0.4, -0.2) is 28.5 Å². The molecule has 0 aliphatic carbocycles. The molecule has 0 amide bonds. The number of carbonyl (C=O) groups excluding carboxylic acids is 1. The summed E-state index contributed by atoms with van der Waals surface area (Å²) in [6.07, 6.45) is 12.2. The van der Waals surface area contributed by atoms with Gasteiger partial charge in [-0.15, -0.1) is 0 Å². The first-order valence-corrected chi connectivity index (χ1v) is 10.0. The van der Waals surface area contributed by atoms with E-state index < -0.39 is 5.97 Å². The van der Waals surface area contributed by atoms with Crippen LogP contribution in [0.15, 0.2) is 0 Å². The van der Waals surface area contributed by atoms with E-state index in [1.54, 1.807) is 22.5 Å². The number of unbranched alkanes of at least 4 members (excludes halogenated alkanes) is 6. The summed E-state index contributed by atoms with van der Waals surface area (Å²) in [6, 6.07) is 0. The van der Waals surface area contributed by atoms with Crippen molar-refractivity contribution in [3.05, 3.63) is 0 Å². The predicted molar refractivity (Wildman–Crippen MR) is 82.3 cm³/mol. The molecule has 0 bridgehead atoms. The monoisotopic (exact) mass is 376 g/mol. The first-order chi connectivity index (χ1) is 9.13. The molecule has 0 saturated carbocycles. The molecule has 1 unspecified atom stereocenters. The summed E-state index contributed by atoms with van der Waals surface area (Å²) in [5.41, 5.74) is 0. The van der Waals surface area contributed by atoms with Crippen LogP contribution in [0.2, 0.25) is 4.44 Å². The molecule has 0 heterocycles. The van der Waals surface area contributed by atoms with Crippen molar-refractivity contribution < 1.29 is 9.90 Å².